The molecule has 0 bridgehead atoms. The quantitative estimate of drug-likeness (QED) is 0.447. The second kappa shape index (κ2) is 10.5. The van der Waals surface area contributed by atoms with Crippen LogP contribution in [-0.4, -0.2) is 60.4 Å². The van der Waals surface area contributed by atoms with Crippen molar-refractivity contribution in [1.29, 1.82) is 0 Å². The number of hydrogen-bond donors (Lipinski definition) is 3. The fourth-order valence-electron chi connectivity index (χ4n) is 5.57. The van der Waals surface area contributed by atoms with Gasteiger partial charge in [0.15, 0.2) is 5.82 Å². The van der Waals surface area contributed by atoms with Gasteiger partial charge in [-0.3, -0.25) is 14.3 Å². The number of halogens is 2. The topological polar surface area (TPSA) is 134 Å². The first kappa shape index (κ1) is 27.5. The number of sulfonamides is 1. The lowest BCUT2D eigenvalue weighted by molar-refractivity contribution is -0.0442. The highest BCUT2D eigenvalue weighted by atomic mass is 32.2. The lowest BCUT2D eigenvalue weighted by Crippen LogP contribution is -2.36. The molecule has 0 unspecified atom stereocenters. The van der Waals surface area contributed by atoms with Crippen LogP contribution in [0.4, 0.5) is 26.0 Å². The second-order valence-electron chi connectivity index (χ2n) is 10.9. The van der Waals surface area contributed by atoms with Crippen LogP contribution in [0.2, 0.25) is 0 Å². The van der Waals surface area contributed by atoms with Gasteiger partial charge in [0.2, 0.25) is 15.9 Å². The number of carbonyl (C=O) groups excluding carboxylic acids is 1. The van der Waals surface area contributed by atoms with Crippen molar-refractivity contribution < 1.29 is 27.1 Å². The summed E-state index contributed by atoms with van der Waals surface area (Å²) in [6.07, 6.45) is 6.85. The number of amides is 1. The van der Waals surface area contributed by atoms with Gasteiger partial charge < -0.3 is 19.9 Å². The van der Waals surface area contributed by atoms with Gasteiger partial charge >= 0.3 is 0 Å². The highest BCUT2D eigenvalue weighted by molar-refractivity contribution is 7.92. The molecule has 212 valence electrons. The van der Waals surface area contributed by atoms with Crippen molar-refractivity contribution in [3.63, 3.8) is 0 Å². The van der Waals surface area contributed by atoms with Crippen LogP contribution in [-0.2, 0) is 10.0 Å². The highest BCUT2D eigenvalue weighted by Crippen LogP contribution is 2.54. The summed E-state index contributed by atoms with van der Waals surface area (Å²) in [5.41, 5.74) is 0.848. The highest BCUT2D eigenvalue weighted by Gasteiger charge is 2.44. The fraction of sp³-hybridized carbons (Fsp3) is 0.577. The van der Waals surface area contributed by atoms with Crippen molar-refractivity contribution in [2.75, 3.05) is 40.4 Å². The van der Waals surface area contributed by atoms with Crippen molar-refractivity contribution in [1.82, 2.24) is 9.55 Å². The minimum absolute atomic E-state index is 0.151. The van der Waals surface area contributed by atoms with Gasteiger partial charge in [0.05, 0.1) is 29.3 Å². The molecule has 3 aliphatic rings. The molecule has 1 aromatic carbocycles. The van der Waals surface area contributed by atoms with E-state index in [1.54, 1.807) is 6.07 Å². The van der Waals surface area contributed by atoms with Gasteiger partial charge in [-0.2, -0.15) is 0 Å². The number of alkyl halides is 2. The van der Waals surface area contributed by atoms with Crippen LogP contribution >= 0.6 is 0 Å². The maximum absolute atomic E-state index is 13.6. The van der Waals surface area contributed by atoms with Crippen molar-refractivity contribution in [2.45, 2.75) is 63.3 Å². The maximum atomic E-state index is 13.6. The lowest BCUT2D eigenvalue weighted by atomic mass is 9.92. The van der Waals surface area contributed by atoms with E-state index in [2.05, 4.69) is 15.0 Å². The Balaban J connectivity index is 1.40. The van der Waals surface area contributed by atoms with Crippen molar-refractivity contribution in [3.05, 3.63) is 46.5 Å². The van der Waals surface area contributed by atoms with Crippen molar-refractivity contribution in [3.8, 4) is 0 Å². The Labute approximate surface area is 225 Å². The van der Waals surface area contributed by atoms with E-state index in [9.17, 15) is 26.8 Å². The zero-order valence-corrected chi connectivity index (χ0v) is 22.4. The first-order valence-corrected chi connectivity index (χ1v) is 14.9. The van der Waals surface area contributed by atoms with Gasteiger partial charge in [0, 0.05) is 44.4 Å². The van der Waals surface area contributed by atoms with E-state index in [-0.39, 0.29) is 42.8 Å². The molecule has 2 aliphatic carbocycles. The number of anilines is 3. The monoisotopic (exact) mass is 565 g/mol. The Morgan fingerprint density at radius 2 is 1.79 bits per heavy atom. The number of aliphatic hydroxyl groups excluding tert-OH is 1. The van der Waals surface area contributed by atoms with E-state index >= 15 is 0 Å². The van der Waals surface area contributed by atoms with Gasteiger partial charge in [0.25, 0.3) is 11.5 Å². The smallest absolute Gasteiger partial charge is 0.293 e. The van der Waals surface area contributed by atoms with Crippen LogP contribution in [0.3, 0.4) is 0 Å². The number of rotatable bonds is 8. The van der Waals surface area contributed by atoms with Crippen LogP contribution < -0.4 is 20.5 Å². The normalized spacial score (nSPS) is 20.5. The van der Waals surface area contributed by atoms with Crippen molar-refractivity contribution in [2.24, 2.45) is 5.41 Å². The predicted octanol–water partition coefficient (Wildman–Crippen LogP) is 3.36. The number of aromatic nitrogens is 2. The van der Waals surface area contributed by atoms with Gasteiger partial charge in [-0.15, -0.1) is 0 Å². The Kier molecular flexibility index (Phi) is 7.40. The Morgan fingerprint density at radius 1 is 1.10 bits per heavy atom. The number of nitrogens with zero attached hydrogens (tertiary/aromatic N) is 3. The molecule has 1 spiro atoms. The minimum atomic E-state index is -3.77. The molecule has 1 saturated heterocycles. The number of benzene rings is 1. The van der Waals surface area contributed by atoms with Crippen LogP contribution in [0.25, 0.3) is 0 Å². The molecule has 13 heteroatoms. The Hall–Kier alpha value is -3.06. The third-order valence-corrected chi connectivity index (χ3v) is 9.44. The molecule has 2 saturated carbocycles. The van der Waals surface area contributed by atoms with Crippen LogP contribution in [0.15, 0.2) is 35.4 Å². The third-order valence-electron chi connectivity index (χ3n) is 8.18. The van der Waals surface area contributed by atoms with Crippen molar-refractivity contribution >= 4 is 33.1 Å². The predicted molar refractivity (Wildman–Crippen MR) is 143 cm³/mol. The van der Waals surface area contributed by atoms with Gasteiger partial charge in [-0.25, -0.2) is 22.2 Å². The summed E-state index contributed by atoms with van der Waals surface area (Å²) in [4.78, 5) is 32.7. The molecular formula is C26H33F2N5O5S. The summed E-state index contributed by atoms with van der Waals surface area (Å²) in [7, 11) is -3.77. The molecule has 1 amide bonds. The summed E-state index contributed by atoms with van der Waals surface area (Å²) in [6.45, 7) is 0.882. The average Bonchev–Trinajstić information content (AvgIpc) is 3.64. The van der Waals surface area contributed by atoms with E-state index in [0.717, 1.165) is 12.8 Å². The minimum Gasteiger partial charge on any atom is -0.395 e. The zero-order valence-electron chi connectivity index (χ0n) is 21.5. The third kappa shape index (κ3) is 6.24. The summed E-state index contributed by atoms with van der Waals surface area (Å²) in [5, 5.41) is 11.6. The summed E-state index contributed by atoms with van der Waals surface area (Å²) >= 11 is 0. The molecule has 5 rings (SSSR count). The molecule has 3 fully saturated rings. The van der Waals surface area contributed by atoms with Crippen LogP contribution in [0.1, 0.15) is 67.8 Å². The Bertz CT molecular complexity index is 1390. The largest absolute Gasteiger partial charge is 0.395 e. The summed E-state index contributed by atoms with van der Waals surface area (Å²) < 4.78 is 55.5. The Morgan fingerprint density at radius 3 is 2.44 bits per heavy atom. The maximum Gasteiger partial charge on any atom is 0.293 e. The molecule has 39 heavy (non-hydrogen) atoms. The number of hydrogen-bond acceptors (Lipinski definition) is 7. The first-order valence-electron chi connectivity index (χ1n) is 13.3. The standard InChI is InChI=1S/C26H33F2N5O5S/c27-26(28)5-3-19(4-6-26)33-14-11-29-22(24(33)36)30-23(35)20-2-1-18(31-39(37,38)16-15-34)17-21(20)32-12-9-25(7-8-25)10-13-32/h1-2,11,14,17,19,31,34H,3-10,12-13,15-16H2,(H,29,30,35). The number of nitrogens with one attached hydrogen (secondary N) is 2. The van der Waals surface area contributed by atoms with Gasteiger partial charge in [-0.1, -0.05) is 0 Å². The van der Waals surface area contributed by atoms with E-state index in [4.69, 9.17) is 5.11 Å². The van der Waals surface area contributed by atoms with Crippen LogP contribution in [0, 0.1) is 5.41 Å². The molecule has 3 N–H and O–H groups in total. The number of piperidine rings is 1. The molecule has 2 heterocycles. The molecule has 0 atom stereocenters. The molecule has 1 aromatic heterocycles. The average molecular weight is 566 g/mol. The molecular weight excluding hydrogens is 532 g/mol. The second-order valence-corrected chi connectivity index (χ2v) is 12.7. The number of aliphatic hydroxyl groups is 1. The zero-order chi connectivity index (χ0) is 27.8. The van der Waals surface area contributed by atoms with E-state index in [1.165, 1.54) is 41.9 Å². The van der Waals surface area contributed by atoms with Gasteiger partial charge in [0.1, 0.15) is 0 Å². The molecule has 2 aromatic rings. The molecule has 10 nitrogen and oxygen atoms in total. The SMILES string of the molecule is O=C(Nc1nccn(C2CCC(F)(F)CC2)c1=O)c1ccc(NS(=O)(=O)CCO)cc1N1CCC2(CC1)CC2. The van der Waals surface area contributed by atoms with Gasteiger partial charge in [-0.05, 0) is 62.1 Å². The van der Waals surface area contributed by atoms with E-state index in [0.29, 0.717) is 24.2 Å². The summed E-state index contributed by atoms with van der Waals surface area (Å²) in [5.74, 6) is -3.97. The molecule has 0 radical (unpaired) electrons. The number of carbonyl (C=O) groups is 1. The van der Waals surface area contributed by atoms with E-state index < -0.39 is 45.8 Å². The lowest BCUT2D eigenvalue weighted by Gasteiger charge is -2.35. The summed E-state index contributed by atoms with van der Waals surface area (Å²) in [6, 6.07) is 4.14. The van der Waals surface area contributed by atoms with E-state index in [1.807, 2.05) is 4.90 Å². The van der Waals surface area contributed by atoms with Crippen LogP contribution in [0.5, 0.6) is 0 Å². The first-order chi connectivity index (χ1) is 18.5. The molecule has 1 aliphatic heterocycles. The fourth-order valence-corrected chi connectivity index (χ4v) is 6.40.